The predicted octanol–water partition coefficient (Wildman–Crippen LogP) is -0.0302. The highest BCUT2D eigenvalue weighted by atomic mass is 32.2. The van der Waals surface area contributed by atoms with Gasteiger partial charge in [0, 0.05) is 31.0 Å². The molecule has 3 fully saturated rings. The van der Waals surface area contributed by atoms with E-state index in [0.29, 0.717) is 32.8 Å². The van der Waals surface area contributed by atoms with Gasteiger partial charge in [-0.15, -0.1) is 0 Å². The van der Waals surface area contributed by atoms with Crippen molar-refractivity contribution in [2.45, 2.75) is 31.8 Å². The average Bonchev–Trinajstić information content (AvgIpc) is 3.17. The molecule has 1 amide bonds. The summed E-state index contributed by atoms with van der Waals surface area (Å²) in [5.74, 6) is 0.192. The Morgan fingerprint density at radius 2 is 2.13 bits per heavy atom. The van der Waals surface area contributed by atoms with Crippen LogP contribution in [0.5, 0.6) is 0 Å². The first-order chi connectivity index (χ1) is 10.9. The molecule has 3 aliphatic rings. The van der Waals surface area contributed by atoms with Crippen LogP contribution in [0, 0.1) is 11.3 Å². The monoisotopic (exact) mass is 346 g/mol. The number of sulfonamides is 1. The van der Waals surface area contributed by atoms with Crippen LogP contribution in [0.25, 0.3) is 0 Å². The van der Waals surface area contributed by atoms with Crippen LogP contribution in [-0.2, 0) is 24.3 Å². The normalized spacial score (nSPS) is 31.7. The second-order valence-electron chi connectivity index (χ2n) is 7.16. The minimum absolute atomic E-state index is 0.00466. The summed E-state index contributed by atoms with van der Waals surface area (Å²) >= 11 is 0. The van der Waals surface area contributed by atoms with E-state index in [1.54, 1.807) is 0 Å². The number of rotatable bonds is 6. The molecule has 0 unspecified atom stereocenters. The van der Waals surface area contributed by atoms with E-state index in [1.807, 2.05) is 4.90 Å². The molecule has 0 bridgehead atoms. The zero-order valence-electron chi connectivity index (χ0n) is 13.6. The number of nitrogens with one attached hydrogen (secondary N) is 1. The molecule has 0 aromatic rings. The molecule has 2 aliphatic heterocycles. The number of carbonyl (C=O) groups is 1. The molecule has 2 atom stereocenters. The van der Waals surface area contributed by atoms with Crippen molar-refractivity contribution in [1.29, 1.82) is 0 Å². The Kier molecular flexibility index (Phi) is 4.96. The van der Waals surface area contributed by atoms with Crippen LogP contribution < -0.4 is 4.72 Å². The minimum atomic E-state index is -3.25. The van der Waals surface area contributed by atoms with Crippen LogP contribution >= 0.6 is 0 Å². The molecule has 0 aromatic carbocycles. The van der Waals surface area contributed by atoms with Crippen molar-refractivity contribution in [2.75, 3.05) is 45.7 Å². The van der Waals surface area contributed by atoms with Gasteiger partial charge in [0.25, 0.3) is 0 Å². The molecule has 1 N–H and O–H groups in total. The Balaban J connectivity index is 1.55. The Labute approximate surface area is 137 Å². The molecule has 0 spiro atoms. The standard InChI is InChI=1S/C15H26N2O5S/c1-23(19,20)16-9-15-10-17(6-12(15)7-21-11-15)14(18)8-22-13-4-2-3-5-13/h12-13,16H,2-11H2,1H3/t12-,15+/m1/s1. The lowest BCUT2D eigenvalue weighted by molar-refractivity contribution is -0.137. The Morgan fingerprint density at radius 3 is 2.83 bits per heavy atom. The molecule has 23 heavy (non-hydrogen) atoms. The van der Waals surface area contributed by atoms with Crippen molar-refractivity contribution in [3.05, 3.63) is 0 Å². The van der Waals surface area contributed by atoms with E-state index in [1.165, 1.54) is 12.8 Å². The SMILES string of the molecule is CS(=O)(=O)NC[C@]12COC[C@H]1CN(C(=O)COC1CCCC1)C2. The number of ether oxygens (including phenoxy) is 2. The Morgan fingerprint density at radius 1 is 1.39 bits per heavy atom. The van der Waals surface area contributed by atoms with Gasteiger partial charge in [0.15, 0.2) is 0 Å². The van der Waals surface area contributed by atoms with Crippen molar-refractivity contribution in [2.24, 2.45) is 11.3 Å². The molecule has 7 nitrogen and oxygen atoms in total. The molecule has 0 aromatic heterocycles. The van der Waals surface area contributed by atoms with Crippen LogP contribution in [0.1, 0.15) is 25.7 Å². The summed E-state index contributed by atoms with van der Waals surface area (Å²) in [4.78, 5) is 14.2. The minimum Gasteiger partial charge on any atom is -0.380 e. The molecular weight excluding hydrogens is 320 g/mol. The van der Waals surface area contributed by atoms with E-state index in [0.717, 1.165) is 19.1 Å². The average molecular weight is 346 g/mol. The number of likely N-dealkylation sites (tertiary alicyclic amines) is 1. The number of carbonyl (C=O) groups excluding carboxylic acids is 1. The maximum absolute atomic E-state index is 12.4. The van der Waals surface area contributed by atoms with Gasteiger partial charge in [0.2, 0.25) is 15.9 Å². The van der Waals surface area contributed by atoms with Crippen LogP contribution in [0.4, 0.5) is 0 Å². The molecular formula is C15H26N2O5S. The maximum Gasteiger partial charge on any atom is 0.248 e. The van der Waals surface area contributed by atoms with E-state index < -0.39 is 10.0 Å². The summed E-state index contributed by atoms with van der Waals surface area (Å²) in [5.41, 5.74) is -0.300. The van der Waals surface area contributed by atoms with Gasteiger partial charge in [-0.3, -0.25) is 4.79 Å². The number of hydrogen-bond acceptors (Lipinski definition) is 5. The van der Waals surface area contributed by atoms with Crippen molar-refractivity contribution in [3.63, 3.8) is 0 Å². The third-order valence-corrected chi connectivity index (χ3v) is 5.97. The number of nitrogens with zero attached hydrogens (tertiary/aromatic N) is 1. The van der Waals surface area contributed by atoms with E-state index in [9.17, 15) is 13.2 Å². The van der Waals surface area contributed by atoms with Crippen LogP contribution in [-0.4, -0.2) is 71.0 Å². The van der Waals surface area contributed by atoms with Gasteiger partial charge in [0.05, 0.1) is 25.6 Å². The van der Waals surface area contributed by atoms with Gasteiger partial charge >= 0.3 is 0 Å². The largest absolute Gasteiger partial charge is 0.380 e. The number of fused-ring (bicyclic) bond motifs is 1. The lowest BCUT2D eigenvalue weighted by atomic mass is 9.81. The smallest absolute Gasteiger partial charge is 0.248 e. The van der Waals surface area contributed by atoms with Crippen LogP contribution in [0.3, 0.4) is 0 Å². The fraction of sp³-hybridized carbons (Fsp3) is 0.933. The maximum atomic E-state index is 12.4. The quantitative estimate of drug-likeness (QED) is 0.730. The van der Waals surface area contributed by atoms with Crippen molar-refractivity contribution in [3.8, 4) is 0 Å². The van der Waals surface area contributed by atoms with Gasteiger partial charge < -0.3 is 14.4 Å². The van der Waals surface area contributed by atoms with Crippen molar-refractivity contribution >= 4 is 15.9 Å². The second-order valence-corrected chi connectivity index (χ2v) is 8.99. The molecule has 2 heterocycles. The van der Waals surface area contributed by atoms with Gasteiger partial charge in [-0.05, 0) is 12.8 Å². The first-order valence-corrected chi connectivity index (χ1v) is 10.2. The molecule has 0 radical (unpaired) electrons. The predicted molar refractivity (Wildman–Crippen MR) is 84.4 cm³/mol. The van der Waals surface area contributed by atoms with Crippen LogP contribution in [0.2, 0.25) is 0 Å². The summed E-state index contributed by atoms with van der Waals surface area (Å²) in [7, 11) is -3.25. The third kappa shape index (κ3) is 4.04. The van der Waals surface area contributed by atoms with E-state index in [4.69, 9.17) is 9.47 Å². The van der Waals surface area contributed by atoms with Crippen molar-refractivity contribution < 1.29 is 22.7 Å². The first-order valence-electron chi connectivity index (χ1n) is 8.30. The summed E-state index contributed by atoms with van der Waals surface area (Å²) in [6.45, 7) is 2.69. The fourth-order valence-electron chi connectivity index (χ4n) is 3.88. The van der Waals surface area contributed by atoms with Gasteiger partial charge in [-0.2, -0.15) is 0 Å². The molecule has 3 rings (SSSR count). The molecule has 1 saturated carbocycles. The van der Waals surface area contributed by atoms with Gasteiger partial charge in [0.1, 0.15) is 6.61 Å². The lowest BCUT2D eigenvalue weighted by Crippen LogP contribution is -2.43. The fourth-order valence-corrected chi connectivity index (χ4v) is 4.43. The summed E-state index contributed by atoms with van der Waals surface area (Å²) < 4.78 is 36.6. The molecule has 1 aliphatic carbocycles. The summed E-state index contributed by atoms with van der Waals surface area (Å²) in [5, 5.41) is 0. The van der Waals surface area contributed by atoms with E-state index in [2.05, 4.69) is 4.72 Å². The Bertz CT molecular complexity index is 546. The number of amides is 1. The molecule has 132 valence electrons. The van der Waals surface area contributed by atoms with E-state index in [-0.39, 0.29) is 30.0 Å². The second kappa shape index (κ2) is 6.66. The van der Waals surface area contributed by atoms with Gasteiger partial charge in [-0.25, -0.2) is 13.1 Å². The highest BCUT2D eigenvalue weighted by molar-refractivity contribution is 7.88. The molecule has 8 heteroatoms. The zero-order valence-corrected chi connectivity index (χ0v) is 14.4. The van der Waals surface area contributed by atoms with Gasteiger partial charge in [-0.1, -0.05) is 12.8 Å². The van der Waals surface area contributed by atoms with Crippen molar-refractivity contribution in [1.82, 2.24) is 9.62 Å². The summed E-state index contributed by atoms with van der Waals surface area (Å²) in [6, 6.07) is 0. The topological polar surface area (TPSA) is 84.9 Å². The first kappa shape index (κ1) is 17.1. The third-order valence-electron chi connectivity index (χ3n) is 5.30. The molecule has 2 saturated heterocycles. The summed E-state index contributed by atoms with van der Waals surface area (Å²) in [6.07, 6.45) is 5.84. The highest BCUT2D eigenvalue weighted by Gasteiger charge is 2.51. The zero-order chi connectivity index (χ0) is 16.5. The van der Waals surface area contributed by atoms with E-state index >= 15 is 0 Å². The number of hydrogen-bond donors (Lipinski definition) is 1. The highest BCUT2D eigenvalue weighted by Crippen LogP contribution is 2.41. The Hall–Kier alpha value is -0.700. The lowest BCUT2D eigenvalue weighted by Gasteiger charge is -2.27. The van der Waals surface area contributed by atoms with Crippen LogP contribution in [0.15, 0.2) is 0 Å².